The number of thioether (sulfide) groups is 1. The van der Waals surface area contributed by atoms with E-state index in [1.54, 1.807) is 11.8 Å². The van der Waals surface area contributed by atoms with Crippen LogP contribution in [0.4, 0.5) is 0 Å². The lowest BCUT2D eigenvalue weighted by Gasteiger charge is -2.13. The van der Waals surface area contributed by atoms with Crippen molar-refractivity contribution >= 4 is 24.9 Å². The number of hydrogen-bond donors (Lipinski definition) is 2. The summed E-state index contributed by atoms with van der Waals surface area (Å²) in [6, 6.07) is 0. The molecular weight excluding hydrogens is 304 g/mol. The van der Waals surface area contributed by atoms with Crippen LogP contribution in [0.2, 0.25) is 0 Å². The fourth-order valence-corrected chi connectivity index (χ4v) is 3.32. The van der Waals surface area contributed by atoms with Gasteiger partial charge >= 0.3 is 0 Å². The van der Waals surface area contributed by atoms with Crippen LogP contribution in [0.1, 0.15) is 37.8 Å². The average molecular weight is 333 g/mol. The topological polar surface area (TPSA) is 40.5 Å². The molecule has 0 spiro atoms. The minimum Gasteiger partial charge on any atom is -0.507 e. The van der Waals surface area contributed by atoms with E-state index in [2.05, 4.69) is 32.2 Å². The van der Waals surface area contributed by atoms with Crippen LogP contribution in [-0.2, 0) is 6.42 Å². The quantitative estimate of drug-likeness (QED) is 0.593. The monoisotopic (exact) mass is 332 g/mol. The Morgan fingerprint density at radius 1 is 1.13 bits per heavy atom. The summed E-state index contributed by atoms with van der Waals surface area (Å²) in [5.74, 6) is 0.269. The fraction of sp³-hybridized carbons (Fsp3) is 0.400. The third-order valence-electron chi connectivity index (χ3n) is 4.14. The van der Waals surface area contributed by atoms with Gasteiger partial charge in [-0.2, -0.15) is 0 Å². The molecule has 0 atom stereocenters. The summed E-state index contributed by atoms with van der Waals surface area (Å²) in [4.78, 5) is 1.11. The summed E-state index contributed by atoms with van der Waals surface area (Å²) in [5.41, 5.74) is 4.31. The number of benzene rings is 1. The normalized spacial score (nSPS) is 12.7. The molecule has 0 aliphatic rings. The Morgan fingerprint density at radius 3 is 2.35 bits per heavy atom. The molecule has 1 rings (SSSR count). The first kappa shape index (κ1) is 19.6. The summed E-state index contributed by atoms with van der Waals surface area (Å²) in [6.45, 7) is 14.2. The molecule has 3 heteroatoms. The minimum atomic E-state index is 0.122. The second-order valence-corrected chi connectivity index (χ2v) is 6.76. The van der Waals surface area contributed by atoms with Crippen LogP contribution in [0.15, 0.2) is 28.2 Å². The third-order valence-corrected chi connectivity index (χ3v) is 5.10. The van der Waals surface area contributed by atoms with Gasteiger partial charge in [-0.3, -0.25) is 0 Å². The van der Waals surface area contributed by atoms with Gasteiger partial charge in [0.05, 0.1) is 6.61 Å². The number of phenolic OH excluding ortho intramolecular Hbond substituents is 1. The van der Waals surface area contributed by atoms with Crippen molar-refractivity contribution in [1.29, 1.82) is 0 Å². The number of aliphatic hydroxyl groups excluding tert-OH is 1. The highest BCUT2D eigenvalue weighted by Gasteiger charge is 2.11. The zero-order valence-electron chi connectivity index (χ0n) is 14.7. The van der Waals surface area contributed by atoms with E-state index < -0.39 is 0 Å². The average Bonchev–Trinajstić information content (AvgIpc) is 2.53. The molecule has 126 valence electrons. The van der Waals surface area contributed by atoms with Crippen LogP contribution in [0.5, 0.6) is 5.75 Å². The SMILES string of the molecule is C=c1c(O)c(C/C=C(\C)CC/C=C(\C)CO)c(C)c(SC)c1=C. The maximum atomic E-state index is 10.4. The molecule has 0 saturated carbocycles. The molecule has 0 amide bonds. The molecule has 0 aliphatic carbocycles. The van der Waals surface area contributed by atoms with Gasteiger partial charge in [-0.25, -0.2) is 0 Å². The van der Waals surface area contributed by atoms with E-state index in [0.717, 1.165) is 39.7 Å². The maximum Gasteiger partial charge on any atom is 0.126 e. The predicted octanol–water partition coefficient (Wildman–Crippen LogP) is 3.45. The van der Waals surface area contributed by atoms with E-state index in [1.807, 2.05) is 20.1 Å². The van der Waals surface area contributed by atoms with Gasteiger partial charge in [0.2, 0.25) is 0 Å². The number of aliphatic hydroxyl groups is 1. The lowest BCUT2D eigenvalue weighted by Crippen LogP contribution is -2.26. The Bertz CT molecular complexity index is 714. The van der Waals surface area contributed by atoms with E-state index in [4.69, 9.17) is 5.11 Å². The van der Waals surface area contributed by atoms with Gasteiger partial charge in [0.25, 0.3) is 0 Å². The van der Waals surface area contributed by atoms with Crippen LogP contribution in [0.3, 0.4) is 0 Å². The fourth-order valence-electron chi connectivity index (χ4n) is 2.52. The van der Waals surface area contributed by atoms with E-state index in [0.29, 0.717) is 11.6 Å². The molecule has 23 heavy (non-hydrogen) atoms. The Hall–Kier alpha value is -1.45. The Labute approximate surface area is 143 Å². The third kappa shape index (κ3) is 5.02. The van der Waals surface area contributed by atoms with Crippen molar-refractivity contribution in [3.05, 3.63) is 44.9 Å². The molecule has 1 aromatic carbocycles. The molecule has 0 radical (unpaired) electrons. The van der Waals surface area contributed by atoms with Gasteiger partial charge in [0, 0.05) is 15.7 Å². The van der Waals surface area contributed by atoms with E-state index in [9.17, 15) is 5.11 Å². The van der Waals surface area contributed by atoms with Crippen molar-refractivity contribution in [2.24, 2.45) is 0 Å². The molecule has 0 aromatic heterocycles. The number of phenols is 1. The summed E-state index contributed by atoms with van der Waals surface area (Å²) in [6.07, 6.45) is 8.83. The number of allylic oxidation sites excluding steroid dienone is 3. The zero-order valence-corrected chi connectivity index (χ0v) is 15.5. The van der Waals surface area contributed by atoms with E-state index >= 15 is 0 Å². The van der Waals surface area contributed by atoms with Gasteiger partial charge in [-0.15, -0.1) is 11.8 Å². The Morgan fingerprint density at radius 2 is 1.78 bits per heavy atom. The highest BCUT2D eigenvalue weighted by molar-refractivity contribution is 7.98. The summed E-state index contributed by atoms with van der Waals surface area (Å²) in [5, 5.41) is 20.8. The molecule has 0 bridgehead atoms. The first-order valence-electron chi connectivity index (χ1n) is 7.81. The smallest absolute Gasteiger partial charge is 0.126 e. The van der Waals surface area contributed by atoms with Crippen molar-refractivity contribution < 1.29 is 10.2 Å². The lowest BCUT2D eigenvalue weighted by atomic mass is 9.99. The minimum absolute atomic E-state index is 0.122. The molecule has 0 unspecified atom stereocenters. The van der Waals surface area contributed by atoms with Gasteiger partial charge in [0.15, 0.2) is 0 Å². The van der Waals surface area contributed by atoms with Crippen LogP contribution in [0.25, 0.3) is 13.2 Å². The molecule has 0 aliphatic heterocycles. The highest BCUT2D eigenvalue weighted by Crippen LogP contribution is 2.24. The second-order valence-electron chi connectivity index (χ2n) is 5.94. The molecule has 0 fully saturated rings. The molecule has 0 heterocycles. The number of hydrogen-bond acceptors (Lipinski definition) is 3. The summed E-state index contributed by atoms with van der Waals surface area (Å²) in [7, 11) is 0. The van der Waals surface area contributed by atoms with Gasteiger partial charge < -0.3 is 10.2 Å². The molecule has 1 aromatic rings. The lowest BCUT2D eigenvalue weighted by molar-refractivity contribution is 0.331. The van der Waals surface area contributed by atoms with Gasteiger partial charge in [-0.05, 0) is 57.1 Å². The molecular formula is C20H28O2S. The largest absolute Gasteiger partial charge is 0.507 e. The van der Waals surface area contributed by atoms with E-state index in [1.165, 1.54) is 5.57 Å². The first-order chi connectivity index (χ1) is 10.8. The van der Waals surface area contributed by atoms with Crippen LogP contribution < -0.4 is 10.4 Å². The van der Waals surface area contributed by atoms with Crippen LogP contribution >= 0.6 is 11.8 Å². The standard InChI is InChI=1S/C20H28O2S/c1-13(8-7-9-14(2)12-21)10-11-18-17(5)20(23-6)16(4)15(3)19(18)22/h9-10,21-22H,3-4,7-8,11-12H2,1-2,5-6H3/b13-10+,14-9+. The van der Waals surface area contributed by atoms with Crippen molar-refractivity contribution in [1.82, 2.24) is 0 Å². The van der Waals surface area contributed by atoms with Gasteiger partial charge in [-0.1, -0.05) is 36.5 Å². The Balaban J connectivity index is 2.97. The summed E-state index contributed by atoms with van der Waals surface area (Å²) >= 11 is 1.65. The highest BCUT2D eigenvalue weighted by atomic mass is 32.2. The van der Waals surface area contributed by atoms with Crippen molar-refractivity contribution in [2.45, 2.75) is 44.9 Å². The maximum absolute atomic E-state index is 10.4. The summed E-state index contributed by atoms with van der Waals surface area (Å²) < 4.78 is 0. The van der Waals surface area contributed by atoms with Gasteiger partial charge in [0.1, 0.15) is 5.75 Å². The van der Waals surface area contributed by atoms with E-state index in [-0.39, 0.29) is 12.4 Å². The zero-order chi connectivity index (χ0) is 17.6. The second kappa shape index (κ2) is 8.99. The Kier molecular flexibility index (Phi) is 7.66. The molecule has 2 nitrogen and oxygen atoms in total. The number of aromatic hydroxyl groups is 1. The first-order valence-corrected chi connectivity index (χ1v) is 9.04. The van der Waals surface area contributed by atoms with Crippen molar-refractivity contribution in [3.8, 4) is 5.75 Å². The predicted molar refractivity (Wildman–Crippen MR) is 102 cm³/mol. The number of rotatable bonds is 7. The van der Waals surface area contributed by atoms with Crippen molar-refractivity contribution in [2.75, 3.05) is 12.9 Å². The van der Waals surface area contributed by atoms with Crippen LogP contribution in [-0.4, -0.2) is 23.1 Å². The molecule has 2 N–H and O–H groups in total. The van der Waals surface area contributed by atoms with Crippen LogP contribution in [0, 0.1) is 6.92 Å². The van der Waals surface area contributed by atoms with Crippen molar-refractivity contribution in [3.63, 3.8) is 0 Å². The molecule has 0 saturated heterocycles.